The molecule has 2 fully saturated rings. The molecule has 3 aromatic heterocycles. The second kappa shape index (κ2) is 14.9. The molecular formula is C46H45N5O5S. The number of carboxylic acids is 1. The number of carbonyl (C=O) groups is 3. The van der Waals surface area contributed by atoms with Crippen LogP contribution < -0.4 is 15.4 Å². The number of nitrogens with one attached hydrogen (secondary N) is 2. The van der Waals surface area contributed by atoms with E-state index in [0.29, 0.717) is 48.7 Å². The van der Waals surface area contributed by atoms with E-state index in [1.165, 1.54) is 36.3 Å². The summed E-state index contributed by atoms with van der Waals surface area (Å²) in [7, 11) is 0. The van der Waals surface area contributed by atoms with Gasteiger partial charge in [-0.05, 0) is 111 Å². The van der Waals surface area contributed by atoms with Gasteiger partial charge in [-0.1, -0.05) is 50.3 Å². The summed E-state index contributed by atoms with van der Waals surface area (Å²) < 4.78 is 8.98. The number of anilines is 1. The predicted octanol–water partition coefficient (Wildman–Crippen LogP) is 9.82. The molecule has 2 aliphatic carbocycles. The summed E-state index contributed by atoms with van der Waals surface area (Å²) in [5, 5.41) is 18.3. The first-order chi connectivity index (χ1) is 27.7. The molecule has 0 radical (unpaired) electrons. The van der Waals surface area contributed by atoms with Crippen LogP contribution in [0.2, 0.25) is 0 Å². The van der Waals surface area contributed by atoms with E-state index in [1.54, 1.807) is 35.6 Å². The number of hydrogen-bond donors (Lipinski definition) is 3. The van der Waals surface area contributed by atoms with Gasteiger partial charge in [0.15, 0.2) is 0 Å². The SMILES string of the molecule is Cc1nc(C)c(-c2ccc3c4c(ccc3n2)-c2c(C3CCCCC3)c3ccc(C(=O)NC5(C(=O)Nc6ccc(C=CC(=O)O)cc6)CCCC5)cc3n2CCO4)s1. The smallest absolute Gasteiger partial charge is 0.328 e. The Morgan fingerprint density at radius 2 is 1.68 bits per heavy atom. The Labute approximate surface area is 335 Å². The van der Waals surface area contributed by atoms with Crippen molar-refractivity contribution in [1.82, 2.24) is 19.9 Å². The Morgan fingerprint density at radius 3 is 2.42 bits per heavy atom. The number of carboxylic acid groups (broad SMARTS) is 1. The van der Waals surface area contributed by atoms with Gasteiger partial charge in [0.1, 0.15) is 17.9 Å². The summed E-state index contributed by atoms with van der Waals surface area (Å²) in [4.78, 5) is 49.8. The van der Waals surface area contributed by atoms with Crippen LogP contribution in [-0.4, -0.2) is 49.6 Å². The van der Waals surface area contributed by atoms with Gasteiger partial charge < -0.3 is 25.0 Å². The molecule has 0 atom stereocenters. The standard InChI is InChI=1S/C46H45N5O5S/c1-27-43(57-28(2)47-27)37-20-17-33-36(49-37)19-18-35-41-40(30-8-4-3-5-9-30)34-16-13-31(26-38(34)51(41)24-25-56-42(33)35)44(54)50-46(22-6-7-23-46)45(55)48-32-14-10-29(11-15-32)12-21-39(52)53/h10-21,26,30H,3-9,22-25H2,1-2H3,(H,48,55)(H,50,54)(H,52,53). The maximum Gasteiger partial charge on any atom is 0.328 e. The Balaban J connectivity index is 1.07. The minimum atomic E-state index is -1.05. The Hall–Kier alpha value is -5.81. The lowest BCUT2D eigenvalue weighted by atomic mass is 9.81. The van der Waals surface area contributed by atoms with Gasteiger partial charge in [0.05, 0.1) is 39.0 Å². The Kier molecular flexibility index (Phi) is 9.64. The highest BCUT2D eigenvalue weighted by Gasteiger charge is 2.43. The van der Waals surface area contributed by atoms with Gasteiger partial charge in [-0.15, -0.1) is 11.3 Å². The highest BCUT2D eigenvalue weighted by molar-refractivity contribution is 7.15. The molecule has 1 aliphatic heterocycles. The Morgan fingerprint density at radius 1 is 0.912 bits per heavy atom. The summed E-state index contributed by atoms with van der Waals surface area (Å²) >= 11 is 1.66. The van der Waals surface area contributed by atoms with Gasteiger partial charge in [0.2, 0.25) is 5.91 Å². The normalized spacial score (nSPS) is 16.6. The van der Waals surface area contributed by atoms with Crippen LogP contribution in [0, 0.1) is 13.8 Å². The van der Waals surface area contributed by atoms with Crippen molar-refractivity contribution in [1.29, 1.82) is 0 Å². The van der Waals surface area contributed by atoms with Gasteiger partial charge in [0, 0.05) is 39.2 Å². The van der Waals surface area contributed by atoms with Crippen molar-refractivity contribution in [3.8, 4) is 27.6 Å². The summed E-state index contributed by atoms with van der Waals surface area (Å²) in [5.74, 6) is -0.312. The highest BCUT2D eigenvalue weighted by Crippen LogP contribution is 2.49. The molecule has 2 amide bonds. The number of rotatable bonds is 8. The van der Waals surface area contributed by atoms with Crippen LogP contribution in [0.5, 0.6) is 5.75 Å². The van der Waals surface area contributed by atoms with Crippen molar-refractivity contribution in [3.63, 3.8) is 0 Å². The largest absolute Gasteiger partial charge is 0.490 e. The number of nitrogens with zero attached hydrogens (tertiary/aromatic N) is 3. The molecule has 10 nitrogen and oxygen atoms in total. The first kappa shape index (κ1) is 36.8. The zero-order valence-corrected chi connectivity index (χ0v) is 33.0. The second-order valence-electron chi connectivity index (χ2n) is 15.7. The van der Waals surface area contributed by atoms with E-state index in [9.17, 15) is 14.4 Å². The first-order valence-electron chi connectivity index (χ1n) is 20.0. The zero-order chi connectivity index (χ0) is 39.3. The molecule has 0 unspecified atom stereocenters. The lowest BCUT2D eigenvalue weighted by Gasteiger charge is -2.29. The molecule has 4 heterocycles. The van der Waals surface area contributed by atoms with E-state index in [0.717, 1.165) is 86.5 Å². The topological polar surface area (TPSA) is 135 Å². The third kappa shape index (κ3) is 6.88. The van der Waals surface area contributed by atoms with E-state index in [-0.39, 0.29) is 11.8 Å². The molecule has 3 N–H and O–H groups in total. The van der Waals surface area contributed by atoms with Gasteiger partial charge in [0.25, 0.3) is 5.91 Å². The lowest BCUT2D eigenvalue weighted by molar-refractivity contribution is -0.131. The minimum absolute atomic E-state index is 0.251. The van der Waals surface area contributed by atoms with Gasteiger partial charge in [-0.3, -0.25) is 9.59 Å². The number of aromatic nitrogens is 3. The lowest BCUT2D eigenvalue weighted by Crippen LogP contribution is -2.55. The van der Waals surface area contributed by atoms with Crippen molar-refractivity contribution in [2.24, 2.45) is 0 Å². The van der Waals surface area contributed by atoms with Crippen LogP contribution in [0.4, 0.5) is 5.69 Å². The predicted molar refractivity (Wildman–Crippen MR) is 225 cm³/mol. The van der Waals surface area contributed by atoms with Crippen molar-refractivity contribution < 1.29 is 24.2 Å². The number of pyridine rings is 1. The van der Waals surface area contributed by atoms with E-state index in [1.807, 2.05) is 26.0 Å². The number of ether oxygens (including phenoxy) is 1. The first-order valence-corrected chi connectivity index (χ1v) is 20.8. The minimum Gasteiger partial charge on any atom is -0.490 e. The van der Waals surface area contributed by atoms with Crippen LogP contribution in [0.1, 0.15) is 95.9 Å². The fourth-order valence-electron chi connectivity index (χ4n) is 9.27. The average molecular weight is 780 g/mol. The van der Waals surface area contributed by atoms with Crippen LogP contribution in [0.25, 0.3) is 49.7 Å². The molecule has 3 aromatic carbocycles. The van der Waals surface area contributed by atoms with Gasteiger partial charge in [-0.25, -0.2) is 14.8 Å². The second-order valence-corrected chi connectivity index (χ2v) is 16.9. The summed E-state index contributed by atoms with van der Waals surface area (Å²) in [6.45, 7) is 5.15. The average Bonchev–Trinajstić information content (AvgIpc) is 3.88. The molecule has 57 heavy (non-hydrogen) atoms. The molecule has 0 bridgehead atoms. The van der Waals surface area contributed by atoms with Crippen LogP contribution in [0.3, 0.4) is 0 Å². The Bertz CT molecular complexity index is 2590. The van der Waals surface area contributed by atoms with Crippen LogP contribution in [-0.2, 0) is 16.1 Å². The third-order valence-corrected chi connectivity index (χ3v) is 13.1. The van der Waals surface area contributed by atoms with E-state index >= 15 is 0 Å². The van der Waals surface area contributed by atoms with Crippen molar-refractivity contribution >= 4 is 62.7 Å². The fourth-order valence-corrected chi connectivity index (χ4v) is 10.2. The number of hydrogen-bond acceptors (Lipinski definition) is 7. The highest BCUT2D eigenvalue weighted by atomic mass is 32.1. The van der Waals surface area contributed by atoms with Crippen molar-refractivity contribution in [2.75, 3.05) is 11.9 Å². The number of aryl methyl sites for hydroxylation is 2. The zero-order valence-electron chi connectivity index (χ0n) is 32.2. The third-order valence-electron chi connectivity index (χ3n) is 12.0. The number of benzene rings is 3. The van der Waals surface area contributed by atoms with Crippen LogP contribution >= 0.6 is 11.3 Å². The van der Waals surface area contributed by atoms with E-state index in [2.05, 4.69) is 50.5 Å². The maximum atomic E-state index is 14.2. The molecule has 0 spiro atoms. The number of aliphatic carboxylic acids is 1. The van der Waals surface area contributed by atoms with Gasteiger partial charge >= 0.3 is 5.97 Å². The molecule has 2 saturated carbocycles. The number of thiazole rings is 1. The maximum absolute atomic E-state index is 14.2. The van der Waals surface area contributed by atoms with Crippen LogP contribution in [0.15, 0.2) is 72.8 Å². The van der Waals surface area contributed by atoms with E-state index < -0.39 is 11.5 Å². The van der Waals surface area contributed by atoms with Crippen molar-refractivity contribution in [2.45, 2.75) is 89.6 Å². The molecular weight excluding hydrogens is 735 g/mol. The monoisotopic (exact) mass is 779 g/mol. The van der Waals surface area contributed by atoms with E-state index in [4.69, 9.17) is 14.8 Å². The van der Waals surface area contributed by atoms with Crippen molar-refractivity contribution in [3.05, 3.63) is 100 Å². The number of carbonyl (C=O) groups excluding carboxylic acids is 2. The fraction of sp³-hybridized carbons (Fsp3) is 0.326. The molecule has 11 heteroatoms. The summed E-state index contributed by atoms with van der Waals surface area (Å²) in [6, 6.07) is 21.5. The number of amides is 2. The summed E-state index contributed by atoms with van der Waals surface area (Å²) in [6.07, 6.45) is 11.2. The molecule has 6 aromatic rings. The molecule has 0 saturated heterocycles. The molecule has 290 valence electrons. The van der Waals surface area contributed by atoms with Gasteiger partial charge in [-0.2, -0.15) is 0 Å². The summed E-state index contributed by atoms with van der Waals surface area (Å²) in [5.41, 5.74) is 8.09. The number of fused-ring (bicyclic) bond motifs is 7. The molecule has 3 aliphatic rings. The quantitative estimate of drug-likeness (QED) is 0.131. The molecule has 9 rings (SSSR count).